The summed E-state index contributed by atoms with van der Waals surface area (Å²) in [5.74, 6) is -0.239. The molecule has 148 valence electrons. The number of hydrogen-bond acceptors (Lipinski definition) is 7. The highest BCUT2D eigenvalue weighted by Gasteiger charge is 2.23. The smallest absolute Gasteiger partial charge is 0.302 e. The van der Waals surface area contributed by atoms with Crippen LogP contribution in [-0.2, 0) is 25.5 Å². The van der Waals surface area contributed by atoms with Gasteiger partial charge in [0.1, 0.15) is 12.7 Å². The Labute approximate surface area is 162 Å². The van der Waals surface area contributed by atoms with E-state index in [9.17, 15) is 9.59 Å². The van der Waals surface area contributed by atoms with E-state index in [0.29, 0.717) is 12.2 Å². The molecule has 0 spiro atoms. The number of hydrogen-bond donors (Lipinski definition) is 1. The minimum absolute atomic E-state index is 0.0244. The fraction of sp³-hybridized carbons (Fsp3) is 0.421. The van der Waals surface area contributed by atoms with Crippen LogP contribution in [0.15, 0.2) is 42.5 Å². The summed E-state index contributed by atoms with van der Waals surface area (Å²) in [7, 11) is 0. The molecule has 0 radical (unpaired) electrons. The number of amides is 1. The Morgan fingerprint density at radius 1 is 1.36 bits per heavy atom. The number of carbonyl (C=O) groups excluding carboxylic acids is 2. The van der Waals surface area contributed by atoms with Gasteiger partial charge in [0, 0.05) is 13.3 Å². The molecular formula is C19H23N5O4. The second kappa shape index (κ2) is 9.23. The van der Waals surface area contributed by atoms with Crippen molar-refractivity contribution in [3.8, 4) is 0 Å². The van der Waals surface area contributed by atoms with Crippen molar-refractivity contribution in [1.82, 2.24) is 25.5 Å². The number of esters is 1. The van der Waals surface area contributed by atoms with Crippen LogP contribution in [0.5, 0.6) is 0 Å². The van der Waals surface area contributed by atoms with Crippen LogP contribution < -0.4 is 5.32 Å². The third-order valence-corrected chi connectivity index (χ3v) is 4.19. The molecule has 1 amide bonds. The summed E-state index contributed by atoms with van der Waals surface area (Å²) < 4.78 is 10.8. The van der Waals surface area contributed by atoms with Crippen molar-refractivity contribution >= 4 is 11.9 Å². The van der Waals surface area contributed by atoms with Crippen LogP contribution in [0.3, 0.4) is 0 Å². The molecule has 3 unspecified atom stereocenters. The highest BCUT2D eigenvalue weighted by molar-refractivity contribution is 5.78. The topological polar surface area (TPSA) is 108 Å². The van der Waals surface area contributed by atoms with Gasteiger partial charge in [-0.05, 0) is 17.7 Å². The molecule has 0 saturated heterocycles. The van der Waals surface area contributed by atoms with Gasteiger partial charge in [-0.3, -0.25) is 9.59 Å². The molecule has 1 aromatic heterocycles. The number of nitrogens with zero attached hydrogens (tertiary/aromatic N) is 4. The molecular weight excluding hydrogens is 362 g/mol. The van der Waals surface area contributed by atoms with Gasteiger partial charge in [-0.1, -0.05) is 42.5 Å². The molecule has 2 aromatic rings. The summed E-state index contributed by atoms with van der Waals surface area (Å²) in [4.78, 5) is 24.5. The van der Waals surface area contributed by atoms with Crippen LogP contribution in [-0.4, -0.2) is 44.8 Å². The zero-order chi connectivity index (χ0) is 19.9. The molecule has 1 N–H and O–H groups in total. The van der Waals surface area contributed by atoms with Gasteiger partial charge >= 0.3 is 5.97 Å². The van der Waals surface area contributed by atoms with Crippen LogP contribution in [0.25, 0.3) is 0 Å². The predicted molar refractivity (Wildman–Crippen MR) is 98.8 cm³/mol. The minimum Gasteiger partial charge on any atom is -0.463 e. The van der Waals surface area contributed by atoms with E-state index >= 15 is 0 Å². The SMILES string of the molecule is CC(=O)OCC1C=CCC(n2nnc(CC(=O)NC(C)c3ccccc3)n2)O1. The molecule has 0 bridgehead atoms. The maximum Gasteiger partial charge on any atom is 0.302 e. The van der Waals surface area contributed by atoms with E-state index in [2.05, 4.69) is 20.7 Å². The van der Waals surface area contributed by atoms with Crippen molar-refractivity contribution in [2.24, 2.45) is 0 Å². The van der Waals surface area contributed by atoms with E-state index in [1.165, 1.54) is 11.7 Å². The molecule has 1 aliphatic rings. The van der Waals surface area contributed by atoms with Crippen LogP contribution >= 0.6 is 0 Å². The van der Waals surface area contributed by atoms with Gasteiger partial charge in [0.15, 0.2) is 12.1 Å². The first-order valence-corrected chi connectivity index (χ1v) is 9.09. The molecule has 0 saturated carbocycles. The van der Waals surface area contributed by atoms with Crippen molar-refractivity contribution in [2.75, 3.05) is 6.61 Å². The van der Waals surface area contributed by atoms with E-state index in [0.717, 1.165) is 5.56 Å². The van der Waals surface area contributed by atoms with Crippen molar-refractivity contribution in [3.05, 3.63) is 53.9 Å². The zero-order valence-corrected chi connectivity index (χ0v) is 15.8. The summed E-state index contributed by atoms with van der Waals surface area (Å²) in [5.41, 5.74) is 1.02. The Morgan fingerprint density at radius 3 is 2.89 bits per heavy atom. The fourth-order valence-corrected chi connectivity index (χ4v) is 2.80. The number of benzene rings is 1. The molecule has 1 aliphatic heterocycles. The van der Waals surface area contributed by atoms with Crippen LogP contribution in [0.4, 0.5) is 0 Å². The number of aromatic nitrogens is 4. The third-order valence-electron chi connectivity index (χ3n) is 4.19. The summed E-state index contributed by atoms with van der Waals surface area (Å²) >= 11 is 0. The predicted octanol–water partition coefficient (Wildman–Crippen LogP) is 1.50. The number of carbonyl (C=O) groups is 2. The van der Waals surface area contributed by atoms with E-state index < -0.39 is 6.23 Å². The Kier molecular flexibility index (Phi) is 6.49. The lowest BCUT2D eigenvalue weighted by Crippen LogP contribution is -2.29. The van der Waals surface area contributed by atoms with E-state index in [4.69, 9.17) is 9.47 Å². The first kappa shape index (κ1) is 19.7. The van der Waals surface area contributed by atoms with Crippen LogP contribution in [0.1, 0.15) is 43.9 Å². The van der Waals surface area contributed by atoms with E-state index in [-0.39, 0.29) is 37.0 Å². The standard InChI is InChI=1S/C19H23N5O4/c1-13(15-7-4-3-5-8-15)20-18(26)11-17-21-23-24(22-17)19-10-6-9-16(28-19)12-27-14(2)25/h3-9,13,16,19H,10-12H2,1-2H3,(H,20,26). The van der Waals surface area contributed by atoms with E-state index in [1.54, 1.807) is 0 Å². The molecule has 3 atom stereocenters. The Hall–Kier alpha value is -3.07. The van der Waals surface area contributed by atoms with Gasteiger partial charge in [-0.15, -0.1) is 15.0 Å². The normalized spacial score (nSPS) is 19.8. The monoisotopic (exact) mass is 385 g/mol. The second-order valence-corrected chi connectivity index (χ2v) is 6.50. The third kappa shape index (κ3) is 5.46. The molecule has 0 aliphatic carbocycles. The first-order chi connectivity index (χ1) is 13.5. The minimum atomic E-state index is -0.460. The summed E-state index contributed by atoms with van der Waals surface area (Å²) in [6, 6.07) is 9.59. The van der Waals surface area contributed by atoms with Crippen molar-refractivity contribution < 1.29 is 19.1 Å². The average molecular weight is 385 g/mol. The van der Waals surface area contributed by atoms with Crippen molar-refractivity contribution in [3.63, 3.8) is 0 Å². The highest BCUT2D eigenvalue weighted by Crippen LogP contribution is 2.20. The second-order valence-electron chi connectivity index (χ2n) is 6.50. The maximum atomic E-state index is 12.3. The molecule has 1 aromatic carbocycles. The lowest BCUT2D eigenvalue weighted by molar-refractivity contribution is -0.148. The summed E-state index contributed by atoms with van der Waals surface area (Å²) in [6.45, 7) is 3.39. The summed E-state index contributed by atoms with van der Waals surface area (Å²) in [5, 5.41) is 15.1. The lowest BCUT2D eigenvalue weighted by Gasteiger charge is -2.24. The van der Waals surface area contributed by atoms with Gasteiger partial charge in [0.2, 0.25) is 5.91 Å². The van der Waals surface area contributed by atoms with E-state index in [1.807, 2.05) is 49.4 Å². The summed E-state index contributed by atoms with van der Waals surface area (Å²) in [6.07, 6.45) is 3.50. The molecule has 2 heterocycles. The molecule has 3 rings (SSSR count). The van der Waals surface area contributed by atoms with Gasteiger partial charge in [0.05, 0.1) is 12.5 Å². The molecule has 0 fully saturated rings. The van der Waals surface area contributed by atoms with Crippen molar-refractivity contribution in [2.45, 2.75) is 45.1 Å². The molecule has 9 nitrogen and oxygen atoms in total. The van der Waals surface area contributed by atoms with Gasteiger partial charge in [0.25, 0.3) is 0 Å². The quantitative estimate of drug-likeness (QED) is 0.568. The molecule has 9 heteroatoms. The molecule has 28 heavy (non-hydrogen) atoms. The van der Waals surface area contributed by atoms with Crippen LogP contribution in [0.2, 0.25) is 0 Å². The van der Waals surface area contributed by atoms with Crippen molar-refractivity contribution in [1.29, 1.82) is 0 Å². The first-order valence-electron chi connectivity index (χ1n) is 9.09. The Balaban J connectivity index is 1.53. The Bertz CT molecular complexity index is 836. The largest absolute Gasteiger partial charge is 0.463 e. The number of ether oxygens (including phenoxy) is 2. The fourth-order valence-electron chi connectivity index (χ4n) is 2.80. The number of nitrogens with one attached hydrogen (secondary N) is 1. The highest BCUT2D eigenvalue weighted by atomic mass is 16.6. The number of tetrazole rings is 1. The lowest BCUT2D eigenvalue weighted by atomic mass is 10.1. The van der Waals surface area contributed by atoms with Gasteiger partial charge in [-0.25, -0.2) is 0 Å². The average Bonchev–Trinajstić information content (AvgIpc) is 3.15. The maximum absolute atomic E-state index is 12.3. The zero-order valence-electron chi connectivity index (χ0n) is 15.8. The van der Waals surface area contributed by atoms with Gasteiger partial charge < -0.3 is 14.8 Å². The van der Waals surface area contributed by atoms with Gasteiger partial charge in [-0.2, -0.15) is 0 Å². The number of rotatable bonds is 7. The van der Waals surface area contributed by atoms with Crippen LogP contribution in [0, 0.1) is 0 Å². The Morgan fingerprint density at radius 2 is 2.14 bits per heavy atom.